The zero-order valence-corrected chi connectivity index (χ0v) is 39.0. The zero-order valence-electron chi connectivity index (χ0n) is 39.0. The molecule has 0 N–H and O–H groups in total. The van der Waals surface area contributed by atoms with Crippen LogP contribution >= 0.6 is 0 Å². The maximum Gasteiger partial charge on any atom is 0.332 e. The van der Waals surface area contributed by atoms with Crippen LogP contribution in [0.25, 0.3) is 27.8 Å². The standard InChI is InChI=1S/C62H55BN2/c1-37(2)35-54-57-38(3)55-53(32-31-48-56(55)42-21-12-13-22-43(42)61(48,8)9)65(39-29-30-46-50(36-39)60(6,7)34-33-59(46,4)5)63(57)51-27-18-26-49-58(51)64(54)52-28-17-16-25-47(52)62(49)44-23-14-10-19-40(44)41-20-11-15-24-45(41)62/h10-32,35-36H,1,33-34H2,2-9H3/b54-35+. The van der Waals surface area contributed by atoms with Crippen LogP contribution in [-0.2, 0) is 21.7 Å². The molecule has 2 nitrogen and oxygen atoms in total. The fraction of sp³-hybridized carbons (Fsp3) is 0.226. The summed E-state index contributed by atoms with van der Waals surface area (Å²) in [6.07, 6.45) is 4.74. The second-order valence-corrected chi connectivity index (χ2v) is 21.7. The maximum atomic E-state index is 4.63. The Morgan fingerprint density at radius 2 is 1.14 bits per heavy atom. The highest BCUT2D eigenvalue weighted by atomic mass is 15.2. The third-order valence-electron chi connectivity index (χ3n) is 16.8. The lowest BCUT2D eigenvalue weighted by molar-refractivity contribution is 0.332. The van der Waals surface area contributed by atoms with Gasteiger partial charge in [-0.2, -0.15) is 0 Å². The Morgan fingerprint density at radius 1 is 0.554 bits per heavy atom. The largest absolute Gasteiger partial charge is 0.376 e. The molecule has 0 saturated carbocycles. The number of benzene rings is 7. The molecule has 0 unspecified atom stereocenters. The number of allylic oxidation sites excluding steroid dienone is 4. The lowest BCUT2D eigenvalue weighted by atomic mass is 9.41. The van der Waals surface area contributed by atoms with Gasteiger partial charge in [0.05, 0.1) is 11.1 Å². The Balaban J connectivity index is 1.19. The number of hydrogen-bond acceptors (Lipinski definition) is 2. The van der Waals surface area contributed by atoms with E-state index in [1.165, 1.54) is 124 Å². The average Bonchev–Trinajstić information content (AvgIpc) is 3.73. The summed E-state index contributed by atoms with van der Waals surface area (Å²) in [5, 5.41) is 0. The molecule has 6 aliphatic rings. The van der Waals surface area contributed by atoms with E-state index in [0.717, 1.165) is 12.0 Å². The molecular weight excluding hydrogens is 784 g/mol. The molecule has 0 amide bonds. The van der Waals surface area contributed by atoms with Crippen molar-refractivity contribution in [3.63, 3.8) is 0 Å². The van der Waals surface area contributed by atoms with Gasteiger partial charge in [-0.1, -0.05) is 175 Å². The number of rotatable bonds is 2. The van der Waals surface area contributed by atoms with Gasteiger partial charge in [0, 0.05) is 33.7 Å². The van der Waals surface area contributed by atoms with Gasteiger partial charge in [-0.25, -0.2) is 0 Å². The molecule has 0 bridgehead atoms. The highest BCUT2D eigenvalue weighted by molar-refractivity contribution is 6.88. The second-order valence-electron chi connectivity index (χ2n) is 21.7. The van der Waals surface area contributed by atoms with Crippen LogP contribution in [-0.4, -0.2) is 6.85 Å². The van der Waals surface area contributed by atoms with Crippen molar-refractivity contribution < 1.29 is 0 Å². The summed E-state index contributed by atoms with van der Waals surface area (Å²) in [6.45, 7) is 23.7. The molecule has 3 heterocycles. The van der Waals surface area contributed by atoms with E-state index < -0.39 is 5.41 Å². The van der Waals surface area contributed by atoms with Crippen LogP contribution in [0.1, 0.15) is 118 Å². The Bertz CT molecular complexity index is 3330. The summed E-state index contributed by atoms with van der Waals surface area (Å²) < 4.78 is 0. The third-order valence-corrected chi connectivity index (χ3v) is 16.8. The van der Waals surface area contributed by atoms with Crippen LogP contribution in [0.5, 0.6) is 0 Å². The Hall–Kier alpha value is -6.58. The van der Waals surface area contributed by atoms with E-state index in [1.54, 1.807) is 0 Å². The van der Waals surface area contributed by atoms with Crippen LogP contribution in [0.3, 0.4) is 0 Å². The smallest absolute Gasteiger partial charge is 0.332 e. The summed E-state index contributed by atoms with van der Waals surface area (Å²) in [5.74, 6) is 0. The van der Waals surface area contributed by atoms with E-state index in [9.17, 15) is 0 Å². The first-order valence-electron chi connectivity index (χ1n) is 23.8. The average molecular weight is 839 g/mol. The summed E-state index contributed by atoms with van der Waals surface area (Å²) in [4.78, 5) is 5.40. The molecule has 3 aliphatic heterocycles. The topological polar surface area (TPSA) is 6.48 Å². The third kappa shape index (κ3) is 4.76. The highest BCUT2D eigenvalue weighted by Crippen LogP contribution is 2.65. The number of fused-ring (bicyclic) bond motifs is 17. The van der Waals surface area contributed by atoms with Crippen LogP contribution in [0, 0.1) is 0 Å². The van der Waals surface area contributed by atoms with Gasteiger partial charge < -0.3 is 9.71 Å². The molecule has 0 aromatic heterocycles. The second kappa shape index (κ2) is 12.8. The van der Waals surface area contributed by atoms with Gasteiger partial charge in [-0.05, 0) is 151 Å². The van der Waals surface area contributed by atoms with Crippen LogP contribution in [0.4, 0.5) is 22.7 Å². The SMILES string of the molecule is C=C(C)/C=C1\C2=C(C)c3c(ccc4c3-c3ccccc3C4(C)C)N(c3ccc4c(c3)C(C)(C)CCC4(C)C)B2c2cccc3c2N1c1ccccc1C31c2ccccc2-c2ccccc21. The Kier molecular flexibility index (Phi) is 7.66. The van der Waals surface area contributed by atoms with Gasteiger partial charge in [-0.3, -0.25) is 0 Å². The van der Waals surface area contributed by atoms with Crippen molar-refractivity contribution in [2.75, 3.05) is 9.71 Å². The fourth-order valence-corrected chi connectivity index (χ4v) is 13.8. The molecule has 0 atom stereocenters. The zero-order chi connectivity index (χ0) is 44.5. The molecule has 7 aromatic rings. The molecule has 0 saturated heterocycles. The summed E-state index contributed by atoms with van der Waals surface area (Å²) in [6, 6.07) is 56.5. The highest BCUT2D eigenvalue weighted by Gasteiger charge is 2.57. The quantitative estimate of drug-likeness (QED) is 0.160. The normalized spacial score (nSPS) is 19.4. The predicted molar refractivity (Wildman–Crippen MR) is 275 cm³/mol. The van der Waals surface area contributed by atoms with Crippen molar-refractivity contribution in [1.82, 2.24) is 0 Å². The number of anilines is 4. The Labute approximate surface area is 385 Å². The molecule has 1 spiro atoms. The van der Waals surface area contributed by atoms with Crippen molar-refractivity contribution in [3.8, 4) is 22.3 Å². The van der Waals surface area contributed by atoms with Crippen molar-refractivity contribution >= 4 is 40.6 Å². The minimum atomic E-state index is -0.509. The first-order valence-corrected chi connectivity index (χ1v) is 23.8. The van der Waals surface area contributed by atoms with Crippen molar-refractivity contribution in [2.24, 2.45) is 0 Å². The van der Waals surface area contributed by atoms with Crippen molar-refractivity contribution in [2.45, 2.75) is 89.9 Å². The van der Waals surface area contributed by atoms with Crippen molar-refractivity contribution in [3.05, 3.63) is 225 Å². The summed E-state index contributed by atoms with van der Waals surface area (Å²) in [5.41, 5.74) is 28.6. The van der Waals surface area contributed by atoms with Gasteiger partial charge in [0.2, 0.25) is 0 Å². The fourth-order valence-electron chi connectivity index (χ4n) is 13.8. The molecule has 65 heavy (non-hydrogen) atoms. The molecule has 316 valence electrons. The summed E-state index contributed by atoms with van der Waals surface area (Å²) in [7, 11) is 0. The minimum Gasteiger partial charge on any atom is -0.376 e. The van der Waals surface area contributed by atoms with E-state index in [-0.39, 0.29) is 23.1 Å². The maximum absolute atomic E-state index is 4.63. The molecule has 13 rings (SSSR count). The lowest BCUT2D eigenvalue weighted by Gasteiger charge is -2.53. The van der Waals surface area contributed by atoms with Crippen LogP contribution < -0.4 is 15.2 Å². The van der Waals surface area contributed by atoms with Crippen molar-refractivity contribution in [1.29, 1.82) is 0 Å². The number of hydrogen-bond donors (Lipinski definition) is 0. The van der Waals surface area contributed by atoms with Gasteiger partial charge >= 0.3 is 6.85 Å². The monoisotopic (exact) mass is 838 g/mol. The lowest BCUT2D eigenvalue weighted by Crippen LogP contribution is -2.58. The number of nitrogens with zero attached hydrogens (tertiary/aromatic N) is 2. The molecule has 0 fully saturated rings. The van der Waals surface area contributed by atoms with Gasteiger partial charge in [0.25, 0.3) is 0 Å². The molecular formula is C62H55BN2. The van der Waals surface area contributed by atoms with Crippen LogP contribution in [0.2, 0.25) is 0 Å². The molecule has 3 aliphatic carbocycles. The summed E-state index contributed by atoms with van der Waals surface area (Å²) >= 11 is 0. The van der Waals surface area contributed by atoms with Gasteiger partial charge in [0.15, 0.2) is 0 Å². The van der Waals surface area contributed by atoms with Gasteiger partial charge in [-0.15, -0.1) is 0 Å². The first-order chi connectivity index (χ1) is 31.3. The Morgan fingerprint density at radius 3 is 1.83 bits per heavy atom. The first kappa shape index (κ1) is 38.8. The van der Waals surface area contributed by atoms with E-state index in [1.807, 2.05) is 0 Å². The van der Waals surface area contributed by atoms with E-state index in [4.69, 9.17) is 0 Å². The predicted octanol–water partition coefficient (Wildman–Crippen LogP) is 15.0. The van der Waals surface area contributed by atoms with E-state index >= 15 is 0 Å². The molecule has 0 radical (unpaired) electrons. The minimum absolute atomic E-state index is 0.0502. The van der Waals surface area contributed by atoms with E-state index in [0.29, 0.717) is 0 Å². The van der Waals surface area contributed by atoms with E-state index in [2.05, 4.69) is 223 Å². The molecule has 3 heteroatoms. The van der Waals surface area contributed by atoms with Crippen LogP contribution in [0.15, 0.2) is 175 Å². The molecule has 7 aromatic carbocycles. The number of para-hydroxylation sites is 2. The van der Waals surface area contributed by atoms with Gasteiger partial charge in [0.1, 0.15) is 0 Å².